The minimum atomic E-state index is -0.513. The molecule has 0 aliphatic carbocycles. The number of benzene rings is 2. The Hall–Kier alpha value is -1.75. The zero-order valence-electron chi connectivity index (χ0n) is 14.1. The smallest absolute Gasteiger partial charge is 0.119 e. The number of aliphatic hydroxyl groups is 1. The van der Waals surface area contributed by atoms with E-state index in [0.717, 1.165) is 31.7 Å². The standard InChI is InChI=1S/C20H24ClNO3/c21-17-3-7-20(8-4-17)25-14-19(24)13-22-11-9-16(10-12-22)15-1-5-18(23)6-2-15/h1-8,16,19,23-24H,9-14H2. The third-order valence-corrected chi connectivity index (χ3v) is 4.93. The summed E-state index contributed by atoms with van der Waals surface area (Å²) in [5.74, 6) is 1.55. The molecule has 1 aliphatic rings. The summed E-state index contributed by atoms with van der Waals surface area (Å²) in [4.78, 5) is 2.28. The van der Waals surface area contributed by atoms with Gasteiger partial charge in [0.15, 0.2) is 0 Å². The fourth-order valence-corrected chi connectivity index (χ4v) is 3.40. The second kappa shape index (κ2) is 8.56. The molecule has 5 heteroatoms. The summed E-state index contributed by atoms with van der Waals surface area (Å²) >= 11 is 5.84. The average Bonchev–Trinajstić information content (AvgIpc) is 2.63. The van der Waals surface area contributed by atoms with E-state index in [-0.39, 0.29) is 6.61 Å². The fourth-order valence-electron chi connectivity index (χ4n) is 3.27. The Morgan fingerprint density at radius 1 is 1.04 bits per heavy atom. The molecule has 1 heterocycles. The van der Waals surface area contributed by atoms with Crippen LogP contribution in [0.5, 0.6) is 11.5 Å². The second-order valence-electron chi connectivity index (χ2n) is 6.59. The third-order valence-electron chi connectivity index (χ3n) is 4.68. The molecule has 0 amide bonds. The molecule has 1 atom stereocenters. The second-order valence-corrected chi connectivity index (χ2v) is 7.02. The molecule has 2 N–H and O–H groups in total. The maximum absolute atomic E-state index is 10.2. The highest BCUT2D eigenvalue weighted by atomic mass is 35.5. The molecule has 0 radical (unpaired) electrons. The molecule has 0 saturated carbocycles. The number of halogens is 1. The third kappa shape index (κ3) is 5.36. The van der Waals surface area contributed by atoms with E-state index in [1.165, 1.54) is 5.56 Å². The van der Waals surface area contributed by atoms with E-state index in [1.807, 2.05) is 12.1 Å². The van der Waals surface area contributed by atoms with E-state index in [2.05, 4.69) is 4.90 Å². The van der Waals surface area contributed by atoms with Gasteiger partial charge in [-0.15, -0.1) is 0 Å². The van der Waals surface area contributed by atoms with Gasteiger partial charge in [-0.3, -0.25) is 0 Å². The molecule has 2 aromatic rings. The Morgan fingerprint density at radius 2 is 1.68 bits per heavy atom. The van der Waals surface area contributed by atoms with Crippen LogP contribution in [-0.4, -0.2) is 47.5 Å². The van der Waals surface area contributed by atoms with Gasteiger partial charge in [-0.1, -0.05) is 23.7 Å². The first-order chi connectivity index (χ1) is 12.1. The zero-order valence-corrected chi connectivity index (χ0v) is 14.9. The van der Waals surface area contributed by atoms with Crippen LogP contribution in [0.2, 0.25) is 5.02 Å². The minimum absolute atomic E-state index is 0.277. The molecule has 1 saturated heterocycles. The Bertz CT molecular complexity index is 652. The van der Waals surface area contributed by atoms with Crippen molar-refractivity contribution in [3.63, 3.8) is 0 Å². The number of ether oxygens (including phenoxy) is 1. The Kier molecular flexibility index (Phi) is 6.19. The van der Waals surface area contributed by atoms with Crippen molar-refractivity contribution in [2.75, 3.05) is 26.2 Å². The molecule has 0 bridgehead atoms. The van der Waals surface area contributed by atoms with Gasteiger partial charge in [0.1, 0.15) is 24.2 Å². The summed E-state index contributed by atoms with van der Waals surface area (Å²) in [5, 5.41) is 20.3. The first-order valence-electron chi connectivity index (χ1n) is 8.68. The van der Waals surface area contributed by atoms with Crippen molar-refractivity contribution in [1.82, 2.24) is 4.90 Å². The number of phenolic OH excluding ortho intramolecular Hbond substituents is 1. The van der Waals surface area contributed by atoms with Gasteiger partial charge in [-0.25, -0.2) is 0 Å². The number of aromatic hydroxyl groups is 1. The molecular formula is C20H24ClNO3. The molecule has 3 rings (SSSR count). The highest BCUT2D eigenvalue weighted by Crippen LogP contribution is 2.29. The van der Waals surface area contributed by atoms with Crippen LogP contribution in [0.3, 0.4) is 0 Å². The molecule has 2 aromatic carbocycles. The lowest BCUT2D eigenvalue weighted by Crippen LogP contribution is -2.40. The van der Waals surface area contributed by atoms with Crippen LogP contribution in [0.4, 0.5) is 0 Å². The van der Waals surface area contributed by atoms with Crippen LogP contribution in [0.1, 0.15) is 24.3 Å². The minimum Gasteiger partial charge on any atom is -0.508 e. The van der Waals surface area contributed by atoms with E-state index >= 15 is 0 Å². The van der Waals surface area contributed by atoms with Gasteiger partial charge in [0.2, 0.25) is 0 Å². The molecular weight excluding hydrogens is 338 g/mol. The number of piperidine rings is 1. The van der Waals surface area contributed by atoms with E-state index in [1.54, 1.807) is 36.4 Å². The molecule has 1 fully saturated rings. The SMILES string of the molecule is Oc1ccc(C2CCN(CC(O)COc3ccc(Cl)cc3)CC2)cc1. The molecule has 1 aliphatic heterocycles. The average molecular weight is 362 g/mol. The van der Waals surface area contributed by atoms with Crippen LogP contribution in [0.15, 0.2) is 48.5 Å². The first kappa shape index (κ1) is 18.1. The topological polar surface area (TPSA) is 52.9 Å². The number of aliphatic hydroxyl groups excluding tert-OH is 1. The highest BCUT2D eigenvalue weighted by molar-refractivity contribution is 6.30. The molecule has 0 spiro atoms. The summed E-state index contributed by atoms with van der Waals surface area (Å²) in [7, 11) is 0. The number of phenols is 1. The maximum atomic E-state index is 10.2. The van der Waals surface area contributed by atoms with Crippen molar-refractivity contribution in [1.29, 1.82) is 0 Å². The largest absolute Gasteiger partial charge is 0.508 e. The molecule has 134 valence electrons. The van der Waals surface area contributed by atoms with E-state index in [9.17, 15) is 10.2 Å². The molecule has 25 heavy (non-hydrogen) atoms. The van der Waals surface area contributed by atoms with Gasteiger partial charge in [0, 0.05) is 11.6 Å². The number of hydrogen-bond donors (Lipinski definition) is 2. The van der Waals surface area contributed by atoms with Gasteiger partial charge in [-0.2, -0.15) is 0 Å². The summed E-state index contributed by atoms with van der Waals surface area (Å²) in [6, 6.07) is 14.7. The lowest BCUT2D eigenvalue weighted by atomic mass is 9.89. The number of nitrogens with zero attached hydrogens (tertiary/aromatic N) is 1. The number of likely N-dealkylation sites (tertiary alicyclic amines) is 1. The normalized spacial score (nSPS) is 17.4. The summed E-state index contributed by atoms with van der Waals surface area (Å²) in [5.41, 5.74) is 1.28. The van der Waals surface area contributed by atoms with Crippen LogP contribution in [-0.2, 0) is 0 Å². The lowest BCUT2D eigenvalue weighted by molar-refractivity contribution is 0.0594. The van der Waals surface area contributed by atoms with Gasteiger partial charge >= 0.3 is 0 Å². The van der Waals surface area contributed by atoms with E-state index in [4.69, 9.17) is 16.3 Å². The Labute approximate surface area is 153 Å². The van der Waals surface area contributed by atoms with Crippen LogP contribution in [0, 0.1) is 0 Å². The summed E-state index contributed by atoms with van der Waals surface area (Å²) < 4.78 is 5.61. The predicted octanol–water partition coefficient (Wildman–Crippen LogP) is 3.66. The van der Waals surface area contributed by atoms with Crippen LogP contribution < -0.4 is 4.74 Å². The van der Waals surface area contributed by atoms with Gasteiger partial charge in [-0.05, 0) is 73.8 Å². The van der Waals surface area contributed by atoms with Crippen molar-refractivity contribution in [2.24, 2.45) is 0 Å². The maximum Gasteiger partial charge on any atom is 0.119 e. The number of rotatable bonds is 6. The van der Waals surface area contributed by atoms with Crippen LogP contribution >= 0.6 is 11.6 Å². The molecule has 0 aromatic heterocycles. The first-order valence-corrected chi connectivity index (χ1v) is 9.05. The predicted molar refractivity (Wildman–Crippen MR) is 99.5 cm³/mol. The van der Waals surface area contributed by atoms with Crippen molar-refractivity contribution in [3.05, 3.63) is 59.1 Å². The monoisotopic (exact) mass is 361 g/mol. The number of hydrogen-bond acceptors (Lipinski definition) is 4. The summed E-state index contributed by atoms with van der Waals surface area (Å²) in [6.45, 7) is 2.82. The van der Waals surface area contributed by atoms with E-state index in [0.29, 0.717) is 23.2 Å². The quantitative estimate of drug-likeness (QED) is 0.824. The van der Waals surface area contributed by atoms with Crippen molar-refractivity contribution in [3.8, 4) is 11.5 Å². The molecule has 4 nitrogen and oxygen atoms in total. The van der Waals surface area contributed by atoms with Gasteiger partial charge in [0.05, 0.1) is 0 Å². The summed E-state index contributed by atoms with van der Waals surface area (Å²) in [6.07, 6.45) is 1.62. The number of β-amino-alcohol motifs (C(OH)–C–C–N with tert-alkyl or cyclic N) is 1. The molecule has 1 unspecified atom stereocenters. The van der Waals surface area contributed by atoms with Gasteiger partial charge in [0.25, 0.3) is 0 Å². The fraction of sp³-hybridized carbons (Fsp3) is 0.400. The van der Waals surface area contributed by atoms with Crippen molar-refractivity contribution in [2.45, 2.75) is 24.9 Å². The van der Waals surface area contributed by atoms with Crippen molar-refractivity contribution < 1.29 is 14.9 Å². The highest BCUT2D eigenvalue weighted by Gasteiger charge is 2.22. The lowest BCUT2D eigenvalue weighted by Gasteiger charge is -2.33. The van der Waals surface area contributed by atoms with Gasteiger partial charge < -0.3 is 19.8 Å². The Balaban J connectivity index is 1.40. The Morgan fingerprint density at radius 3 is 2.32 bits per heavy atom. The van der Waals surface area contributed by atoms with Crippen molar-refractivity contribution >= 4 is 11.6 Å². The van der Waals surface area contributed by atoms with E-state index < -0.39 is 6.10 Å². The van der Waals surface area contributed by atoms with Crippen LogP contribution in [0.25, 0.3) is 0 Å². The zero-order chi connectivity index (χ0) is 17.6.